The van der Waals surface area contributed by atoms with Gasteiger partial charge in [0.2, 0.25) is 0 Å². The maximum absolute atomic E-state index is 10.9. The van der Waals surface area contributed by atoms with Gasteiger partial charge in [-0.05, 0) is 0 Å². The summed E-state index contributed by atoms with van der Waals surface area (Å²) in [6.45, 7) is -2.46. The number of rotatable bonds is 11. The molecule has 0 aromatic carbocycles. The molecule has 2 atom stereocenters. The second kappa shape index (κ2) is 10.2. The second-order valence-corrected chi connectivity index (χ2v) is 9.49. The van der Waals surface area contributed by atoms with Crippen LogP contribution in [-0.4, -0.2) is 80.7 Å². The molecule has 0 unspecified atom stereocenters. The fraction of sp³-hybridized carbons (Fsp3) is 1.00. The Hall–Kier alpha value is 0.560. The molecule has 0 rings (SSSR count). The van der Waals surface area contributed by atoms with Crippen molar-refractivity contribution in [2.24, 2.45) is 0 Å². The van der Waals surface area contributed by atoms with Crippen LogP contribution in [0.1, 0.15) is 0 Å². The molecule has 19 heteroatoms. The van der Waals surface area contributed by atoms with Crippen molar-refractivity contribution in [1.82, 2.24) is 0 Å². The van der Waals surface area contributed by atoms with E-state index in [-0.39, 0.29) is 29.6 Å². The predicted molar refractivity (Wildman–Crippen MR) is 74.4 cm³/mol. The molecule has 0 radical (unpaired) electrons. The van der Waals surface area contributed by atoms with Crippen molar-refractivity contribution in [2.75, 3.05) is 25.7 Å². The van der Waals surface area contributed by atoms with Crippen molar-refractivity contribution in [2.45, 2.75) is 12.2 Å². The first kappa shape index (κ1) is 27.8. The first-order chi connectivity index (χ1) is 10.4. The van der Waals surface area contributed by atoms with E-state index < -0.39 is 66.5 Å². The molecule has 0 spiro atoms. The molecule has 25 heavy (non-hydrogen) atoms. The van der Waals surface area contributed by atoms with Gasteiger partial charge in [-0.3, -0.25) is 17.5 Å². The molecule has 0 aliphatic rings. The van der Waals surface area contributed by atoms with Crippen LogP contribution in [0.15, 0.2) is 0 Å². The van der Waals surface area contributed by atoms with Crippen molar-refractivity contribution >= 4 is 41.0 Å². The molecule has 0 bridgehead atoms. The molecule has 0 aliphatic carbocycles. The molecule has 0 heterocycles. The van der Waals surface area contributed by atoms with Crippen molar-refractivity contribution in [1.29, 1.82) is 0 Å². The van der Waals surface area contributed by atoms with Crippen LogP contribution in [0.3, 0.4) is 0 Å². The SMILES string of the molecule is CS(=O)(=O)OC[C@H](OS(=O)(=O)O)[C@H](COS(C)(=O)=O)OS(=O)(=O)O.[Na+]. The van der Waals surface area contributed by atoms with Crippen LogP contribution < -0.4 is 29.6 Å². The van der Waals surface area contributed by atoms with Gasteiger partial charge in [-0.15, -0.1) is 0 Å². The molecule has 146 valence electrons. The zero-order chi connectivity index (χ0) is 19.4. The fourth-order valence-electron chi connectivity index (χ4n) is 1.09. The van der Waals surface area contributed by atoms with E-state index in [0.29, 0.717) is 12.5 Å². The molecule has 0 amide bonds. The van der Waals surface area contributed by atoms with Crippen molar-refractivity contribution in [3.05, 3.63) is 0 Å². The summed E-state index contributed by atoms with van der Waals surface area (Å²) in [5.41, 5.74) is 0. The average molecular weight is 461 g/mol. The standard InChI is InChI=1S/C6H14O14S4.Na/c1-21(7,8)17-3-5(19-23(11,12)13)6(20-24(14,15)16)4-18-22(2,9)10;/h5-6H,3-4H2,1-2H3,(H,11,12,13)(H,14,15,16);/q;+1/t5-,6-;/m0./s1. The summed E-state index contributed by atoms with van der Waals surface area (Å²) in [5.74, 6) is 0. The summed E-state index contributed by atoms with van der Waals surface area (Å²) in [5, 5.41) is 0. The van der Waals surface area contributed by atoms with Crippen molar-refractivity contribution < 1.29 is 89.1 Å². The van der Waals surface area contributed by atoms with E-state index in [0.717, 1.165) is 0 Å². The molecular weight excluding hydrogens is 447 g/mol. The van der Waals surface area contributed by atoms with Gasteiger partial charge < -0.3 is 0 Å². The Bertz CT molecular complexity index is 752. The van der Waals surface area contributed by atoms with Gasteiger partial charge in [0.05, 0.1) is 25.7 Å². The topological polar surface area (TPSA) is 214 Å². The molecule has 0 saturated heterocycles. The smallest absolute Gasteiger partial charge is 0.267 e. The number of hydrogen-bond acceptors (Lipinski definition) is 12. The third-order valence-electron chi connectivity index (χ3n) is 1.80. The van der Waals surface area contributed by atoms with Crippen LogP contribution in [0.2, 0.25) is 0 Å². The molecule has 2 N–H and O–H groups in total. The molecule has 14 nitrogen and oxygen atoms in total. The minimum atomic E-state index is -5.28. The zero-order valence-electron chi connectivity index (χ0n) is 13.0. The third kappa shape index (κ3) is 17.7. The molecule has 0 aromatic heterocycles. The van der Waals surface area contributed by atoms with Gasteiger partial charge in [-0.2, -0.15) is 33.7 Å². The van der Waals surface area contributed by atoms with Crippen LogP contribution in [0, 0.1) is 0 Å². The molecule has 0 aliphatic heterocycles. The third-order valence-corrected chi connectivity index (χ3v) is 3.91. The van der Waals surface area contributed by atoms with E-state index in [2.05, 4.69) is 16.7 Å². The first-order valence-corrected chi connectivity index (χ1v) is 11.7. The van der Waals surface area contributed by atoms with Crippen LogP contribution >= 0.6 is 0 Å². The first-order valence-electron chi connectivity index (χ1n) is 5.38. The van der Waals surface area contributed by atoms with Crippen LogP contribution in [-0.2, 0) is 57.8 Å². The Labute approximate surface area is 167 Å². The quantitative estimate of drug-likeness (QED) is 0.167. The monoisotopic (exact) mass is 461 g/mol. The van der Waals surface area contributed by atoms with Gasteiger partial charge in [0.15, 0.2) is 0 Å². The Morgan fingerprint density at radius 2 is 0.920 bits per heavy atom. The molecular formula is C6H14NaO14S4+. The summed E-state index contributed by atoms with van der Waals surface area (Å²) in [6, 6.07) is 0. The van der Waals surface area contributed by atoms with Crippen LogP contribution in [0.25, 0.3) is 0 Å². The van der Waals surface area contributed by atoms with Gasteiger partial charge in [0, 0.05) is 0 Å². The minimum Gasteiger partial charge on any atom is -0.267 e. The molecule has 0 saturated carbocycles. The number of hydrogen-bond donors (Lipinski definition) is 2. The van der Waals surface area contributed by atoms with E-state index in [1.54, 1.807) is 0 Å². The summed E-state index contributed by atoms with van der Waals surface area (Å²) < 4.78 is 120. The van der Waals surface area contributed by atoms with Crippen molar-refractivity contribution in [3.63, 3.8) is 0 Å². The van der Waals surface area contributed by atoms with E-state index in [1.807, 2.05) is 0 Å². The Morgan fingerprint density at radius 1 is 0.680 bits per heavy atom. The second-order valence-electron chi connectivity index (χ2n) is 4.10. The Kier molecular flexibility index (Phi) is 11.3. The molecule has 0 fully saturated rings. The Morgan fingerprint density at radius 3 is 1.08 bits per heavy atom. The normalized spacial score (nSPS) is 16.0. The van der Waals surface area contributed by atoms with Gasteiger partial charge >= 0.3 is 50.4 Å². The average Bonchev–Trinajstić information content (AvgIpc) is 2.25. The summed E-state index contributed by atoms with van der Waals surface area (Å²) in [7, 11) is -18.9. The minimum absolute atomic E-state index is 0. The predicted octanol–water partition coefficient (Wildman–Crippen LogP) is -5.68. The summed E-state index contributed by atoms with van der Waals surface area (Å²) >= 11 is 0. The van der Waals surface area contributed by atoms with Gasteiger partial charge in [-0.1, -0.05) is 0 Å². The van der Waals surface area contributed by atoms with Gasteiger partial charge in [-0.25, -0.2) is 8.37 Å². The zero-order valence-corrected chi connectivity index (χ0v) is 18.3. The van der Waals surface area contributed by atoms with E-state index in [9.17, 15) is 33.7 Å². The van der Waals surface area contributed by atoms with E-state index >= 15 is 0 Å². The fourth-order valence-corrected chi connectivity index (χ4v) is 2.83. The summed E-state index contributed by atoms with van der Waals surface area (Å²) in [4.78, 5) is 0. The van der Waals surface area contributed by atoms with Gasteiger partial charge in [0.1, 0.15) is 12.2 Å². The molecule has 0 aromatic rings. The maximum Gasteiger partial charge on any atom is 1.00 e. The largest absolute Gasteiger partial charge is 1.00 e. The maximum atomic E-state index is 10.9. The van der Waals surface area contributed by atoms with Crippen molar-refractivity contribution in [3.8, 4) is 0 Å². The van der Waals surface area contributed by atoms with Gasteiger partial charge in [0.25, 0.3) is 20.2 Å². The Balaban J connectivity index is 0. The van der Waals surface area contributed by atoms with Crippen LogP contribution in [0.4, 0.5) is 0 Å². The summed E-state index contributed by atoms with van der Waals surface area (Å²) in [6.07, 6.45) is -3.36. The van der Waals surface area contributed by atoms with E-state index in [1.165, 1.54) is 0 Å². The van der Waals surface area contributed by atoms with E-state index in [4.69, 9.17) is 9.11 Å². The van der Waals surface area contributed by atoms with Crippen LogP contribution in [0.5, 0.6) is 0 Å².